The molecule has 0 saturated heterocycles. The number of carbonyl (C=O) groups is 1. The predicted molar refractivity (Wildman–Crippen MR) is 134 cm³/mol. The van der Waals surface area contributed by atoms with Crippen LogP contribution >= 0.6 is 0 Å². The van der Waals surface area contributed by atoms with Gasteiger partial charge in [0.1, 0.15) is 5.71 Å². The molecule has 0 saturated carbocycles. The Kier molecular flexibility index (Phi) is 8.90. The lowest BCUT2D eigenvalue weighted by Gasteiger charge is -2.22. The Bertz CT molecular complexity index is 1140. The maximum absolute atomic E-state index is 13.2. The number of nitrogens with zero attached hydrogens (tertiary/aromatic N) is 2. The number of benzene rings is 1. The van der Waals surface area contributed by atoms with Crippen LogP contribution in [0.15, 0.2) is 77.3 Å². The number of aromatic nitrogens is 1. The van der Waals surface area contributed by atoms with Crippen LogP contribution in [0.4, 0.5) is 0 Å². The highest BCUT2D eigenvalue weighted by Gasteiger charge is 2.23. The highest BCUT2D eigenvalue weighted by atomic mass is 32.2. The first-order chi connectivity index (χ1) is 16.3. The minimum absolute atomic E-state index is 0.0835. The first-order valence-corrected chi connectivity index (χ1v) is 12.9. The second-order valence-electron chi connectivity index (χ2n) is 8.57. The third kappa shape index (κ3) is 6.95. The summed E-state index contributed by atoms with van der Waals surface area (Å²) in [7, 11) is -3.57. The van der Waals surface area contributed by atoms with Gasteiger partial charge in [-0.3, -0.25) is 15.2 Å². The lowest BCUT2D eigenvalue weighted by molar-refractivity contribution is -0.115. The van der Waals surface area contributed by atoms with Gasteiger partial charge in [0, 0.05) is 49.9 Å². The van der Waals surface area contributed by atoms with Gasteiger partial charge < -0.3 is 10.2 Å². The van der Waals surface area contributed by atoms with Crippen molar-refractivity contribution in [1.29, 1.82) is 5.41 Å². The van der Waals surface area contributed by atoms with E-state index in [1.807, 2.05) is 18.2 Å². The highest BCUT2D eigenvalue weighted by molar-refractivity contribution is 7.95. The summed E-state index contributed by atoms with van der Waals surface area (Å²) in [4.78, 5) is 19.2. The van der Waals surface area contributed by atoms with Crippen LogP contribution in [0.25, 0.3) is 0 Å². The molecule has 0 aliphatic carbocycles. The molecule has 180 valence electrons. The van der Waals surface area contributed by atoms with Crippen LogP contribution in [0.3, 0.4) is 0 Å². The standard InChI is InChI=1S/C26H32N4O3S/c1-3-20(2)19-30-14-5-7-23(12-15-30)34(32,33)24-10-8-21(9-11-24)16-25(27)26(31)29-18-22-6-4-13-28-17-22/h3-4,6-11,13,17,20,27H,1,5,12,14-16,18-19H2,2H3,(H,29,31). The smallest absolute Gasteiger partial charge is 0.265 e. The monoisotopic (exact) mass is 480 g/mol. The number of hydrogen-bond donors (Lipinski definition) is 2. The van der Waals surface area contributed by atoms with E-state index in [-0.39, 0.29) is 17.0 Å². The third-order valence-corrected chi connectivity index (χ3v) is 7.80. The van der Waals surface area contributed by atoms with Crippen LogP contribution in [0.2, 0.25) is 0 Å². The lowest BCUT2D eigenvalue weighted by Crippen LogP contribution is -2.31. The molecule has 2 heterocycles. The fourth-order valence-corrected chi connectivity index (χ4v) is 5.31. The summed E-state index contributed by atoms with van der Waals surface area (Å²) < 4.78 is 26.3. The van der Waals surface area contributed by atoms with Crippen molar-refractivity contribution in [2.45, 2.75) is 37.6 Å². The van der Waals surface area contributed by atoms with Crippen LogP contribution in [-0.4, -0.2) is 49.6 Å². The van der Waals surface area contributed by atoms with Crippen molar-refractivity contribution >= 4 is 21.5 Å². The Balaban J connectivity index is 1.57. The normalized spacial score (nSPS) is 15.6. The molecule has 7 nitrogen and oxygen atoms in total. The minimum atomic E-state index is -3.57. The molecule has 0 bridgehead atoms. The number of nitrogens with one attached hydrogen (secondary N) is 2. The average Bonchev–Trinajstić information content (AvgIpc) is 3.09. The van der Waals surface area contributed by atoms with Crippen molar-refractivity contribution in [2.24, 2.45) is 5.92 Å². The Morgan fingerprint density at radius 2 is 2.00 bits per heavy atom. The second kappa shape index (κ2) is 11.9. The summed E-state index contributed by atoms with van der Waals surface area (Å²) in [5, 5.41) is 10.8. The molecule has 0 fully saturated rings. The van der Waals surface area contributed by atoms with Gasteiger partial charge in [-0.25, -0.2) is 8.42 Å². The number of sulfone groups is 1. The van der Waals surface area contributed by atoms with Crippen LogP contribution in [0, 0.1) is 11.3 Å². The van der Waals surface area contributed by atoms with Crippen molar-refractivity contribution in [2.75, 3.05) is 19.6 Å². The summed E-state index contributed by atoms with van der Waals surface area (Å²) in [5.41, 5.74) is 1.48. The maximum atomic E-state index is 13.2. The van der Waals surface area contributed by atoms with Crippen LogP contribution in [0.5, 0.6) is 0 Å². The minimum Gasteiger partial charge on any atom is -0.347 e. The number of rotatable bonds is 10. The molecule has 34 heavy (non-hydrogen) atoms. The number of amides is 1. The molecule has 8 heteroatoms. The summed E-state index contributed by atoms with van der Waals surface area (Å²) >= 11 is 0. The van der Waals surface area contributed by atoms with Gasteiger partial charge in [-0.2, -0.15) is 0 Å². The number of pyridine rings is 1. The van der Waals surface area contributed by atoms with E-state index in [0.717, 1.165) is 18.7 Å². The SMILES string of the molecule is C=CC(C)CN1CCC=C(S(=O)(=O)c2ccc(CC(=N)C(=O)NCc3cccnc3)cc2)CC1. The van der Waals surface area contributed by atoms with Gasteiger partial charge >= 0.3 is 0 Å². The van der Waals surface area contributed by atoms with Gasteiger partial charge in [0.2, 0.25) is 9.84 Å². The van der Waals surface area contributed by atoms with Crippen molar-refractivity contribution in [3.8, 4) is 0 Å². The van der Waals surface area contributed by atoms with Gasteiger partial charge in [-0.1, -0.05) is 37.3 Å². The number of hydrogen-bond acceptors (Lipinski definition) is 6. The van der Waals surface area contributed by atoms with Gasteiger partial charge in [-0.15, -0.1) is 6.58 Å². The van der Waals surface area contributed by atoms with Crippen molar-refractivity contribution in [3.63, 3.8) is 0 Å². The fourth-order valence-electron chi connectivity index (χ4n) is 3.81. The first kappa shape index (κ1) is 25.5. The molecule has 1 amide bonds. The molecule has 2 N–H and O–H groups in total. The zero-order valence-corrected chi connectivity index (χ0v) is 20.4. The largest absolute Gasteiger partial charge is 0.347 e. The molecular weight excluding hydrogens is 448 g/mol. The van der Waals surface area contributed by atoms with Gasteiger partial charge in [0.25, 0.3) is 5.91 Å². The van der Waals surface area contributed by atoms with E-state index in [4.69, 9.17) is 5.41 Å². The summed E-state index contributed by atoms with van der Waals surface area (Å²) in [5.74, 6) is -0.0960. The molecule has 1 aromatic carbocycles. The first-order valence-electron chi connectivity index (χ1n) is 11.4. The topological polar surface area (TPSA) is 103 Å². The summed E-state index contributed by atoms with van der Waals surface area (Å²) in [6, 6.07) is 10.1. The van der Waals surface area contributed by atoms with Crippen LogP contribution in [0.1, 0.15) is 30.9 Å². The molecule has 3 rings (SSSR count). The summed E-state index contributed by atoms with van der Waals surface area (Å²) in [6.45, 7) is 8.64. The van der Waals surface area contributed by atoms with E-state index in [0.29, 0.717) is 42.3 Å². The van der Waals surface area contributed by atoms with Crippen molar-refractivity contribution < 1.29 is 13.2 Å². The van der Waals surface area contributed by atoms with E-state index in [1.165, 1.54) is 0 Å². The van der Waals surface area contributed by atoms with Gasteiger partial charge in [-0.05, 0) is 48.1 Å². The second-order valence-corrected chi connectivity index (χ2v) is 10.6. The Morgan fingerprint density at radius 1 is 1.24 bits per heavy atom. The van der Waals surface area contributed by atoms with Crippen LogP contribution in [-0.2, 0) is 27.6 Å². The molecular formula is C26H32N4O3S. The molecule has 1 aliphatic rings. The third-order valence-electron chi connectivity index (χ3n) is 5.85. The Labute approximate surface area is 202 Å². The van der Waals surface area contributed by atoms with Gasteiger partial charge in [0.05, 0.1) is 4.90 Å². The molecule has 1 unspecified atom stereocenters. The molecule has 0 spiro atoms. The number of carbonyl (C=O) groups excluding carboxylic acids is 1. The van der Waals surface area contributed by atoms with Crippen molar-refractivity contribution in [3.05, 3.63) is 83.6 Å². The van der Waals surface area contributed by atoms with E-state index in [2.05, 4.69) is 28.7 Å². The van der Waals surface area contributed by atoms with E-state index in [9.17, 15) is 13.2 Å². The highest BCUT2D eigenvalue weighted by Crippen LogP contribution is 2.25. The lowest BCUT2D eigenvalue weighted by atomic mass is 10.1. The Hall–Kier alpha value is -3.10. The van der Waals surface area contributed by atoms with E-state index < -0.39 is 15.7 Å². The zero-order valence-electron chi connectivity index (χ0n) is 19.5. The Morgan fingerprint density at radius 3 is 2.68 bits per heavy atom. The van der Waals surface area contributed by atoms with Crippen LogP contribution < -0.4 is 5.32 Å². The van der Waals surface area contributed by atoms with E-state index in [1.54, 1.807) is 42.7 Å². The summed E-state index contributed by atoms with van der Waals surface area (Å²) in [6.07, 6.45) is 8.37. The average molecular weight is 481 g/mol. The van der Waals surface area contributed by atoms with E-state index >= 15 is 0 Å². The molecule has 1 atom stereocenters. The quantitative estimate of drug-likeness (QED) is 0.400. The van der Waals surface area contributed by atoms with Gasteiger partial charge in [0.15, 0.2) is 0 Å². The predicted octanol–water partition coefficient (Wildman–Crippen LogP) is 3.54. The molecule has 2 aromatic rings. The molecule has 0 radical (unpaired) electrons. The van der Waals surface area contributed by atoms with Crippen molar-refractivity contribution in [1.82, 2.24) is 15.2 Å². The maximum Gasteiger partial charge on any atom is 0.265 e. The molecule has 1 aromatic heterocycles. The zero-order chi connectivity index (χ0) is 24.6. The molecule has 1 aliphatic heterocycles. The fraction of sp³-hybridized carbons (Fsp3) is 0.346.